The fraction of sp³-hybridized carbons (Fsp3) is 0.400. The number of hydrogen-bond donors (Lipinski definition) is 0. The van der Waals surface area contributed by atoms with Gasteiger partial charge in [0.25, 0.3) is 0 Å². The Labute approximate surface area is 130 Å². The van der Waals surface area contributed by atoms with Crippen molar-refractivity contribution in [3.05, 3.63) is 34.6 Å². The Bertz CT molecular complexity index is 629. The number of benzene rings is 1. The fourth-order valence-corrected chi connectivity index (χ4v) is 2.05. The summed E-state index contributed by atoms with van der Waals surface area (Å²) in [4.78, 5) is 14.5. The molecule has 0 amide bonds. The van der Waals surface area contributed by atoms with Crippen LogP contribution in [0.25, 0.3) is 0 Å². The quantitative estimate of drug-likeness (QED) is 0.841. The fourth-order valence-electron chi connectivity index (χ4n) is 1.90. The van der Waals surface area contributed by atoms with Gasteiger partial charge in [-0.15, -0.1) is 0 Å². The smallest absolute Gasteiger partial charge is 0.328 e. The molecule has 5 nitrogen and oxygen atoms in total. The Morgan fingerprint density at radius 3 is 2.38 bits per heavy atom. The van der Waals surface area contributed by atoms with Crippen molar-refractivity contribution in [2.24, 2.45) is 0 Å². The third-order valence-corrected chi connectivity index (χ3v) is 3.48. The zero-order valence-electron chi connectivity index (χ0n) is 12.7. The maximum Gasteiger partial charge on any atom is 0.328 e. The van der Waals surface area contributed by atoms with Crippen molar-refractivity contribution in [1.82, 2.24) is 15.0 Å². The first-order valence-corrected chi connectivity index (χ1v) is 7.33. The number of ether oxygens (including phenoxy) is 1. The molecule has 0 aliphatic rings. The maximum atomic E-state index is 5.96. The lowest BCUT2D eigenvalue weighted by Gasteiger charge is -2.18. The highest BCUT2D eigenvalue weighted by atomic mass is 35.5. The summed E-state index contributed by atoms with van der Waals surface area (Å²) in [5.41, 5.74) is 2.36. The van der Waals surface area contributed by atoms with Crippen molar-refractivity contribution >= 4 is 17.5 Å². The van der Waals surface area contributed by atoms with Crippen LogP contribution in [-0.4, -0.2) is 28.0 Å². The molecule has 0 saturated carbocycles. The van der Waals surface area contributed by atoms with Gasteiger partial charge in [-0.1, -0.05) is 6.07 Å². The summed E-state index contributed by atoms with van der Waals surface area (Å²) in [6.07, 6.45) is 0. The van der Waals surface area contributed by atoms with Gasteiger partial charge < -0.3 is 9.64 Å². The molecule has 0 aliphatic carbocycles. The monoisotopic (exact) mass is 306 g/mol. The highest BCUT2D eigenvalue weighted by Gasteiger charge is 2.11. The van der Waals surface area contributed by atoms with Gasteiger partial charge in [0.05, 0.1) is 0 Å². The van der Waals surface area contributed by atoms with Gasteiger partial charge in [0.1, 0.15) is 5.75 Å². The van der Waals surface area contributed by atoms with Gasteiger partial charge in [-0.2, -0.15) is 15.0 Å². The molecule has 0 unspecified atom stereocenters. The van der Waals surface area contributed by atoms with E-state index >= 15 is 0 Å². The molecule has 112 valence electrons. The number of rotatable bonds is 5. The molecule has 2 aromatic rings. The normalized spacial score (nSPS) is 10.5. The number of anilines is 1. The Balaban J connectivity index is 2.29. The van der Waals surface area contributed by atoms with Crippen LogP contribution in [0.3, 0.4) is 0 Å². The lowest BCUT2D eigenvalue weighted by atomic mass is 10.1. The van der Waals surface area contributed by atoms with Crippen LogP contribution >= 0.6 is 11.6 Å². The summed E-state index contributed by atoms with van der Waals surface area (Å²) in [6.45, 7) is 9.73. The maximum absolute atomic E-state index is 5.96. The zero-order chi connectivity index (χ0) is 15.4. The van der Waals surface area contributed by atoms with Gasteiger partial charge in [0, 0.05) is 13.1 Å². The Hall–Kier alpha value is -1.88. The second-order valence-corrected chi connectivity index (χ2v) is 5.05. The number of hydrogen-bond acceptors (Lipinski definition) is 5. The number of aromatic nitrogens is 3. The molecule has 0 bridgehead atoms. The van der Waals surface area contributed by atoms with E-state index in [4.69, 9.17) is 16.3 Å². The molecule has 21 heavy (non-hydrogen) atoms. The number of aryl methyl sites for hydroxylation is 2. The third-order valence-electron chi connectivity index (χ3n) is 3.31. The molecule has 2 rings (SSSR count). The van der Waals surface area contributed by atoms with Gasteiger partial charge in [0.15, 0.2) is 0 Å². The highest BCUT2D eigenvalue weighted by molar-refractivity contribution is 6.28. The highest BCUT2D eigenvalue weighted by Crippen LogP contribution is 2.23. The molecule has 0 aliphatic heterocycles. The molecule has 1 aromatic heterocycles. The first-order chi connectivity index (χ1) is 10.0. The van der Waals surface area contributed by atoms with E-state index in [2.05, 4.69) is 21.9 Å². The van der Waals surface area contributed by atoms with Gasteiger partial charge in [-0.05, 0) is 62.6 Å². The molecular formula is C15H19ClN4O. The zero-order valence-corrected chi connectivity index (χ0v) is 13.5. The van der Waals surface area contributed by atoms with Crippen LogP contribution in [0.2, 0.25) is 5.28 Å². The van der Waals surface area contributed by atoms with E-state index in [0.717, 1.165) is 18.7 Å². The molecule has 0 spiro atoms. The van der Waals surface area contributed by atoms with E-state index in [-0.39, 0.29) is 11.3 Å². The SMILES string of the molecule is CCN(CC)c1nc(Cl)nc(Oc2ccc(C)c(C)c2)n1. The summed E-state index contributed by atoms with van der Waals surface area (Å²) in [6, 6.07) is 6.04. The number of halogens is 1. The molecule has 0 fully saturated rings. The predicted molar refractivity (Wildman–Crippen MR) is 84.4 cm³/mol. The summed E-state index contributed by atoms with van der Waals surface area (Å²) in [5, 5.41) is 0.130. The third kappa shape index (κ3) is 3.82. The van der Waals surface area contributed by atoms with Crippen molar-refractivity contribution in [3.63, 3.8) is 0 Å². The van der Waals surface area contributed by atoms with Gasteiger partial charge in [0.2, 0.25) is 11.2 Å². The largest absolute Gasteiger partial charge is 0.424 e. The molecule has 1 aromatic carbocycles. The first-order valence-electron chi connectivity index (χ1n) is 6.95. The molecule has 0 atom stereocenters. The summed E-state index contributed by atoms with van der Waals surface area (Å²) >= 11 is 5.96. The second kappa shape index (κ2) is 6.72. The van der Waals surface area contributed by atoms with E-state index in [1.54, 1.807) is 0 Å². The lowest BCUT2D eigenvalue weighted by molar-refractivity contribution is 0.438. The van der Waals surface area contributed by atoms with Crippen LogP contribution in [0.15, 0.2) is 18.2 Å². The summed E-state index contributed by atoms with van der Waals surface area (Å²) in [7, 11) is 0. The van der Waals surface area contributed by atoms with Crippen LogP contribution in [0, 0.1) is 13.8 Å². The Kier molecular flexibility index (Phi) is 4.96. The second-order valence-electron chi connectivity index (χ2n) is 4.71. The molecule has 0 saturated heterocycles. The molecule has 0 N–H and O–H groups in total. The minimum atomic E-state index is 0.130. The van der Waals surface area contributed by atoms with Crippen molar-refractivity contribution in [1.29, 1.82) is 0 Å². The van der Waals surface area contributed by atoms with Crippen LogP contribution < -0.4 is 9.64 Å². The van der Waals surface area contributed by atoms with E-state index < -0.39 is 0 Å². The van der Waals surface area contributed by atoms with Crippen LogP contribution in [0.4, 0.5) is 5.95 Å². The van der Waals surface area contributed by atoms with Gasteiger partial charge in [-0.25, -0.2) is 0 Å². The van der Waals surface area contributed by atoms with E-state index in [0.29, 0.717) is 11.7 Å². The minimum absolute atomic E-state index is 0.130. The van der Waals surface area contributed by atoms with Gasteiger partial charge >= 0.3 is 6.01 Å². The van der Waals surface area contributed by atoms with Crippen molar-refractivity contribution in [2.75, 3.05) is 18.0 Å². The molecular weight excluding hydrogens is 288 g/mol. The molecule has 0 radical (unpaired) electrons. The van der Waals surface area contributed by atoms with Crippen LogP contribution in [-0.2, 0) is 0 Å². The summed E-state index contributed by atoms with van der Waals surface area (Å²) < 4.78 is 5.70. The van der Waals surface area contributed by atoms with E-state index in [1.807, 2.05) is 43.9 Å². The van der Waals surface area contributed by atoms with Crippen molar-refractivity contribution < 1.29 is 4.74 Å². The lowest BCUT2D eigenvalue weighted by Crippen LogP contribution is -2.24. The molecule has 1 heterocycles. The van der Waals surface area contributed by atoms with Gasteiger partial charge in [-0.3, -0.25) is 0 Å². The summed E-state index contributed by atoms with van der Waals surface area (Å²) in [5.74, 6) is 1.21. The van der Waals surface area contributed by atoms with Crippen LogP contribution in [0.1, 0.15) is 25.0 Å². The molecule has 6 heteroatoms. The predicted octanol–water partition coefficient (Wildman–Crippen LogP) is 3.78. The van der Waals surface area contributed by atoms with Crippen LogP contribution in [0.5, 0.6) is 11.8 Å². The Morgan fingerprint density at radius 1 is 1.05 bits per heavy atom. The van der Waals surface area contributed by atoms with Crippen molar-refractivity contribution in [2.45, 2.75) is 27.7 Å². The van der Waals surface area contributed by atoms with E-state index in [1.165, 1.54) is 5.56 Å². The topological polar surface area (TPSA) is 51.1 Å². The average molecular weight is 307 g/mol. The Morgan fingerprint density at radius 2 is 1.76 bits per heavy atom. The first kappa shape index (κ1) is 15.5. The standard InChI is InChI=1S/C15H19ClN4O/c1-5-20(6-2)14-17-13(16)18-15(19-14)21-12-8-7-10(3)11(4)9-12/h7-9H,5-6H2,1-4H3. The van der Waals surface area contributed by atoms with E-state index in [9.17, 15) is 0 Å². The average Bonchev–Trinajstić information content (AvgIpc) is 2.44. The number of nitrogens with zero attached hydrogens (tertiary/aromatic N) is 4. The van der Waals surface area contributed by atoms with Crippen molar-refractivity contribution in [3.8, 4) is 11.8 Å². The minimum Gasteiger partial charge on any atom is -0.424 e.